The van der Waals surface area contributed by atoms with Crippen LogP contribution in [0.25, 0.3) is 0 Å². The molecule has 0 aromatic carbocycles. The number of nitrogens with zero attached hydrogens (tertiary/aromatic N) is 7. The van der Waals surface area contributed by atoms with Gasteiger partial charge in [0.1, 0.15) is 18.2 Å². The summed E-state index contributed by atoms with van der Waals surface area (Å²) in [5, 5.41) is 0.762. The highest BCUT2D eigenvalue weighted by molar-refractivity contribution is 7.98. The molecule has 4 heterocycles. The van der Waals surface area contributed by atoms with Crippen LogP contribution in [0.3, 0.4) is 0 Å². The zero-order chi connectivity index (χ0) is 21.8. The number of anilines is 1. The molecule has 2 fully saturated rings. The van der Waals surface area contributed by atoms with Gasteiger partial charge >= 0.3 is 12.1 Å². The van der Waals surface area contributed by atoms with Gasteiger partial charge in [0, 0.05) is 57.7 Å². The van der Waals surface area contributed by atoms with E-state index in [-0.39, 0.29) is 24.3 Å². The molecule has 166 valence electrons. The summed E-state index contributed by atoms with van der Waals surface area (Å²) in [6, 6.07) is 1.90. The second-order valence-corrected chi connectivity index (χ2v) is 8.50. The quantitative estimate of drug-likeness (QED) is 0.522. The van der Waals surface area contributed by atoms with E-state index in [1.54, 1.807) is 35.4 Å². The molecular formula is C20H27N7O3S. The molecule has 2 aromatic rings. The number of amides is 2. The molecule has 2 aliphatic heterocycles. The Labute approximate surface area is 185 Å². The molecule has 11 heteroatoms. The summed E-state index contributed by atoms with van der Waals surface area (Å²) in [5.74, 6) is 0.927. The highest BCUT2D eigenvalue weighted by atomic mass is 32.2. The molecule has 0 radical (unpaired) electrons. The average molecular weight is 446 g/mol. The number of rotatable bonds is 4. The van der Waals surface area contributed by atoms with Crippen LogP contribution in [0.1, 0.15) is 19.3 Å². The van der Waals surface area contributed by atoms with Crippen LogP contribution in [0.4, 0.5) is 15.4 Å². The second kappa shape index (κ2) is 9.54. The smallest absolute Gasteiger partial charge is 0.410 e. The Hall–Kier alpha value is -2.82. The Morgan fingerprint density at radius 1 is 1.19 bits per heavy atom. The minimum Gasteiger partial charge on any atom is -0.444 e. The third-order valence-electron chi connectivity index (χ3n) is 5.83. The van der Waals surface area contributed by atoms with E-state index < -0.39 is 0 Å². The largest absolute Gasteiger partial charge is 0.444 e. The fourth-order valence-electron chi connectivity index (χ4n) is 4.00. The molecule has 1 unspecified atom stereocenters. The Bertz CT molecular complexity index is 902. The summed E-state index contributed by atoms with van der Waals surface area (Å²) in [4.78, 5) is 43.4. The lowest BCUT2D eigenvalue weighted by Gasteiger charge is -2.37. The second-order valence-electron chi connectivity index (χ2n) is 7.72. The van der Waals surface area contributed by atoms with Crippen molar-refractivity contribution >= 4 is 29.7 Å². The van der Waals surface area contributed by atoms with Crippen molar-refractivity contribution in [3.05, 3.63) is 31.0 Å². The standard InChI is InChI=1S/C20H27N7O3S/c1-24(15-4-9-25(10-5-15)17-3-7-22-18(23-17)31-2)20(29)30-16-6-11-26(13-16)19(28)27-12-8-21-14-27/h3,7-8,12,14-16H,4-6,9-11,13H2,1-2H3. The highest BCUT2D eigenvalue weighted by Gasteiger charge is 2.32. The van der Waals surface area contributed by atoms with Crippen LogP contribution in [0.2, 0.25) is 0 Å². The van der Waals surface area contributed by atoms with E-state index in [2.05, 4.69) is 19.9 Å². The van der Waals surface area contributed by atoms with Gasteiger partial charge in [-0.15, -0.1) is 0 Å². The molecule has 2 saturated heterocycles. The van der Waals surface area contributed by atoms with Crippen molar-refractivity contribution in [2.24, 2.45) is 0 Å². The third kappa shape index (κ3) is 4.92. The average Bonchev–Trinajstić information content (AvgIpc) is 3.51. The van der Waals surface area contributed by atoms with Crippen molar-refractivity contribution in [1.29, 1.82) is 0 Å². The van der Waals surface area contributed by atoms with E-state index in [4.69, 9.17) is 4.74 Å². The maximum Gasteiger partial charge on any atom is 0.410 e. The number of ether oxygens (including phenoxy) is 1. The van der Waals surface area contributed by atoms with E-state index in [0.717, 1.165) is 36.9 Å². The van der Waals surface area contributed by atoms with Crippen molar-refractivity contribution in [2.45, 2.75) is 36.6 Å². The number of aromatic nitrogens is 4. The first kappa shape index (κ1) is 21.4. The van der Waals surface area contributed by atoms with E-state index in [0.29, 0.717) is 19.5 Å². The first-order valence-corrected chi connectivity index (χ1v) is 11.6. The first-order valence-electron chi connectivity index (χ1n) is 10.4. The van der Waals surface area contributed by atoms with Crippen LogP contribution in [0.15, 0.2) is 36.1 Å². The maximum absolute atomic E-state index is 12.7. The normalized spacial score (nSPS) is 19.5. The van der Waals surface area contributed by atoms with E-state index >= 15 is 0 Å². The first-order chi connectivity index (χ1) is 15.0. The molecule has 0 aliphatic carbocycles. The van der Waals surface area contributed by atoms with Gasteiger partial charge in [0.15, 0.2) is 5.16 Å². The fraction of sp³-hybridized carbons (Fsp3) is 0.550. The number of piperidine rings is 1. The van der Waals surface area contributed by atoms with Crippen LogP contribution in [-0.2, 0) is 4.74 Å². The molecule has 31 heavy (non-hydrogen) atoms. The van der Waals surface area contributed by atoms with Crippen LogP contribution >= 0.6 is 11.8 Å². The van der Waals surface area contributed by atoms with Gasteiger partial charge in [-0.25, -0.2) is 24.5 Å². The van der Waals surface area contributed by atoms with Gasteiger partial charge in [-0.3, -0.25) is 4.57 Å². The van der Waals surface area contributed by atoms with Crippen LogP contribution in [-0.4, -0.2) is 93.1 Å². The Balaban J connectivity index is 1.25. The van der Waals surface area contributed by atoms with Gasteiger partial charge in [0.25, 0.3) is 0 Å². The monoisotopic (exact) mass is 445 g/mol. The van der Waals surface area contributed by atoms with Gasteiger partial charge in [-0.1, -0.05) is 11.8 Å². The van der Waals surface area contributed by atoms with Crippen molar-refractivity contribution in [2.75, 3.05) is 44.4 Å². The molecule has 2 aromatic heterocycles. The van der Waals surface area contributed by atoms with Crippen LogP contribution in [0, 0.1) is 0 Å². The van der Waals surface area contributed by atoms with Gasteiger partial charge in [-0.05, 0) is 25.2 Å². The van der Waals surface area contributed by atoms with Crippen molar-refractivity contribution in [3.63, 3.8) is 0 Å². The minimum absolute atomic E-state index is 0.121. The van der Waals surface area contributed by atoms with Crippen molar-refractivity contribution in [3.8, 4) is 0 Å². The lowest BCUT2D eigenvalue weighted by atomic mass is 10.0. The Morgan fingerprint density at radius 3 is 2.71 bits per heavy atom. The summed E-state index contributed by atoms with van der Waals surface area (Å²) in [5.41, 5.74) is 0. The maximum atomic E-state index is 12.7. The lowest BCUT2D eigenvalue weighted by molar-refractivity contribution is 0.0594. The molecule has 0 N–H and O–H groups in total. The molecule has 0 spiro atoms. The van der Waals surface area contributed by atoms with E-state index in [9.17, 15) is 9.59 Å². The minimum atomic E-state index is -0.327. The topological polar surface area (TPSA) is 96.7 Å². The summed E-state index contributed by atoms with van der Waals surface area (Å²) in [7, 11) is 1.79. The summed E-state index contributed by atoms with van der Waals surface area (Å²) < 4.78 is 7.13. The number of hydrogen-bond acceptors (Lipinski definition) is 8. The molecular weight excluding hydrogens is 418 g/mol. The van der Waals surface area contributed by atoms with Gasteiger partial charge in [-0.2, -0.15) is 0 Å². The summed E-state index contributed by atoms with van der Waals surface area (Å²) in [6.07, 6.45) is 10.1. The molecule has 4 rings (SSSR count). The Kier molecular flexibility index (Phi) is 6.59. The SMILES string of the molecule is CSc1nccc(N2CCC(N(C)C(=O)OC3CCN(C(=O)n4ccnc4)C3)CC2)n1. The molecule has 1 atom stereocenters. The third-order valence-corrected chi connectivity index (χ3v) is 6.40. The Morgan fingerprint density at radius 2 is 2.00 bits per heavy atom. The van der Waals surface area contributed by atoms with Gasteiger partial charge in [0.05, 0.1) is 6.54 Å². The van der Waals surface area contributed by atoms with E-state index in [1.165, 1.54) is 22.7 Å². The number of likely N-dealkylation sites (tertiary alicyclic amines) is 1. The number of carbonyl (C=O) groups excluding carboxylic acids is 2. The van der Waals surface area contributed by atoms with E-state index in [1.807, 2.05) is 12.3 Å². The number of carbonyl (C=O) groups is 2. The van der Waals surface area contributed by atoms with Crippen molar-refractivity contribution < 1.29 is 14.3 Å². The summed E-state index contributed by atoms with van der Waals surface area (Å²) >= 11 is 1.53. The van der Waals surface area contributed by atoms with Gasteiger partial charge < -0.3 is 19.4 Å². The fourth-order valence-corrected chi connectivity index (χ4v) is 4.35. The molecule has 10 nitrogen and oxygen atoms in total. The number of hydrogen-bond donors (Lipinski definition) is 0. The van der Waals surface area contributed by atoms with Gasteiger partial charge in [0.2, 0.25) is 0 Å². The molecule has 0 bridgehead atoms. The van der Waals surface area contributed by atoms with Crippen molar-refractivity contribution in [1.82, 2.24) is 29.3 Å². The lowest BCUT2D eigenvalue weighted by Crippen LogP contribution is -2.46. The summed E-state index contributed by atoms with van der Waals surface area (Å²) in [6.45, 7) is 2.61. The zero-order valence-corrected chi connectivity index (χ0v) is 18.6. The number of thioether (sulfide) groups is 1. The predicted octanol–water partition coefficient (Wildman–Crippen LogP) is 2.17. The molecule has 2 amide bonds. The van der Waals surface area contributed by atoms with Crippen LogP contribution in [0.5, 0.6) is 0 Å². The zero-order valence-electron chi connectivity index (χ0n) is 17.8. The highest BCUT2D eigenvalue weighted by Crippen LogP contribution is 2.23. The molecule has 2 aliphatic rings. The molecule has 0 saturated carbocycles. The predicted molar refractivity (Wildman–Crippen MR) is 116 cm³/mol. The van der Waals surface area contributed by atoms with Crippen LogP contribution < -0.4 is 4.90 Å². The number of imidazole rings is 1.